The molecule has 7 rings (SSSR count). The minimum Gasteiger partial charge on any atom is -0.505 e. The summed E-state index contributed by atoms with van der Waals surface area (Å²) in [7, 11) is -14.7. The topological polar surface area (TPSA) is 402 Å². The molecule has 6 aromatic carbocycles. The van der Waals surface area contributed by atoms with Crippen LogP contribution in [0.1, 0.15) is 20.7 Å². The Morgan fingerprint density at radius 2 is 1.15 bits per heavy atom. The molecule has 1 unspecified atom stereocenters. The Kier molecular flexibility index (Phi) is 11.8. The van der Waals surface area contributed by atoms with Crippen LogP contribution in [0.15, 0.2) is 148 Å². The van der Waals surface area contributed by atoms with Gasteiger partial charge >= 0.3 is 17.9 Å². The predicted molar refractivity (Wildman–Crippen MR) is 225 cm³/mol. The van der Waals surface area contributed by atoms with Crippen LogP contribution in [0.5, 0.6) is 5.75 Å². The number of hydrogen-bond donors (Lipinski definition) is 7. The molecule has 66 heavy (non-hydrogen) atoms. The number of carbonyl (C=O) groups is 4. The van der Waals surface area contributed by atoms with Crippen molar-refractivity contribution < 1.29 is 78.5 Å². The third-order valence-electron chi connectivity index (χ3n) is 9.29. The van der Waals surface area contributed by atoms with Crippen molar-refractivity contribution in [1.82, 2.24) is 0 Å². The second-order valence-corrected chi connectivity index (χ2v) is 17.8. The Morgan fingerprint density at radius 1 is 0.561 bits per heavy atom. The minimum atomic E-state index is -5.19. The Labute approximate surface area is 368 Å². The summed E-state index contributed by atoms with van der Waals surface area (Å²) in [6.45, 7) is 0. The molecule has 0 bridgehead atoms. The number of hydrazone groups is 1. The molecule has 1 atom stereocenters. The quantitative estimate of drug-likeness (QED) is 0.0473. The number of phenolic OH excluding ortho intramolecular Hbond substituents is 1. The molecular weight excluding hydrogens is 937 g/mol. The van der Waals surface area contributed by atoms with Crippen molar-refractivity contribution >= 4 is 116 Å². The van der Waals surface area contributed by atoms with Gasteiger partial charge in [-0.1, -0.05) is 12.1 Å². The molecule has 0 radical (unpaired) electrons. The van der Waals surface area contributed by atoms with Gasteiger partial charge in [0, 0.05) is 16.2 Å². The highest BCUT2D eigenvalue weighted by molar-refractivity contribution is 7.86. The van der Waals surface area contributed by atoms with Crippen molar-refractivity contribution in [3.63, 3.8) is 0 Å². The SMILES string of the molecule is O=C(O)C1=NN(c2ccc(S(=O)(=O)O)cc2)C(=O)C1N=Nc1ccc2cc(S(=O)(=O)O)c(N=Nc3ccc(N=Nc4cc(C(=O)O)cc(C(=O)O)c4)c4ccc(S(=O)(=O)O)cc34)c(O)c2c1. The number of amides is 1. The number of fused-ring (bicyclic) bond motifs is 2. The zero-order valence-corrected chi connectivity index (χ0v) is 34.8. The van der Waals surface area contributed by atoms with Gasteiger partial charge in [-0.15, -0.1) is 15.3 Å². The van der Waals surface area contributed by atoms with E-state index in [9.17, 15) is 78.5 Å². The summed E-state index contributed by atoms with van der Waals surface area (Å²) in [6, 6.07) is 15.1. The summed E-state index contributed by atoms with van der Waals surface area (Å²) in [6.07, 6.45) is 0. The van der Waals surface area contributed by atoms with E-state index < -0.39 is 103 Å². The number of carboxylic acid groups (broad SMARTS) is 3. The molecule has 1 heterocycles. The molecule has 1 aliphatic heterocycles. The minimum absolute atomic E-state index is 0.0374. The lowest BCUT2D eigenvalue weighted by molar-refractivity contribution is -0.130. The number of hydrogen-bond acceptors (Lipinski definition) is 18. The first-order chi connectivity index (χ1) is 30.9. The van der Waals surface area contributed by atoms with Crippen LogP contribution in [0.2, 0.25) is 0 Å². The zero-order chi connectivity index (χ0) is 48.0. The number of aromatic hydroxyl groups is 1. The summed E-state index contributed by atoms with van der Waals surface area (Å²) in [4.78, 5) is 46.3. The van der Waals surface area contributed by atoms with Gasteiger partial charge in [0.25, 0.3) is 36.3 Å². The Balaban J connectivity index is 1.27. The molecular formula is C38H24N8O17S3. The van der Waals surface area contributed by atoms with Gasteiger partial charge < -0.3 is 20.4 Å². The van der Waals surface area contributed by atoms with Crippen LogP contribution in [0.3, 0.4) is 0 Å². The van der Waals surface area contributed by atoms with E-state index >= 15 is 0 Å². The van der Waals surface area contributed by atoms with Crippen LogP contribution in [0.4, 0.5) is 34.1 Å². The monoisotopic (exact) mass is 960 g/mol. The van der Waals surface area contributed by atoms with E-state index in [2.05, 4.69) is 35.8 Å². The maximum absolute atomic E-state index is 13.3. The average Bonchev–Trinajstić information content (AvgIpc) is 3.59. The Bertz CT molecular complexity index is 3570. The van der Waals surface area contributed by atoms with Crippen LogP contribution in [0, 0.1) is 0 Å². The molecule has 0 fully saturated rings. The third-order valence-corrected chi connectivity index (χ3v) is 11.9. The molecule has 1 aliphatic rings. The molecule has 0 saturated heterocycles. The van der Waals surface area contributed by atoms with Gasteiger partial charge in [-0.25, -0.2) is 14.4 Å². The second-order valence-electron chi connectivity index (χ2n) is 13.5. The first-order valence-corrected chi connectivity index (χ1v) is 22.1. The van der Waals surface area contributed by atoms with Crippen LogP contribution in [-0.2, 0) is 39.9 Å². The van der Waals surface area contributed by atoms with Gasteiger partial charge in [-0.3, -0.25) is 18.5 Å². The van der Waals surface area contributed by atoms with Crippen LogP contribution in [0.25, 0.3) is 21.5 Å². The van der Waals surface area contributed by atoms with E-state index in [1.165, 1.54) is 30.3 Å². The number of carboxylic acids is 3. The summed E-state index contributed by atoms with van der Waals surface area (Å²) in [5, 5.41) is 67.7. The number of nitrogens with zero attached hydrogens (tertiary/aromatic N) is 8. The van der Waals surface area contributed by atoms with E-state index in [4.69, 9.17) is 0 Å². The maximum atomic E-state index is 13.3. The van der Waals surface area contributed by atoms with Crippen molar-refractivity contribution in [1.29, 1.82) is 0 Å². The fraction of sp³-hybridized carbons (Fsp3) is 0.0263. The number of rotatable bonds is 13. The number of azo groups is 3. The molecule has 0 aromatic heterocycles. The van der Waals surface area contributed by atoms with Crippen LogP contribution < -0.4 is 5.01 Å². The summed E-state index contributed by atoms with van der Waals surface area (Å²) in [5.41, 5.74) is -3.24. The number of phenols is 1. The highest BCUT2D eigenvalue weighted by Crippen LogP contribution is 2.44. The van der Waals surface area contributed by atoms with E-state index in [0.29, 0.717) is 5.01 Å². The summed E-state index contributed by atoms with van der Waals surface area (Å²) >= 11 is 0. The molecule has 28 heteroatoms. The van der Waals surface area contributed by atoms with Gasteiger partial charge in [-0.2, -0.15) is 50.7 Å². The molecule has 7 N–H and O–H groups in total. The highest BCUT2D eigenvalue weighted by Gasteiger charge is 2.41. The number of anilines is 1. The predicted octanol–water partition coefficient (Wildman–Crippen LogP) is 6.61. The fourth-order valence-corrected chi connectivity index (χ4v) is 7.87. The summed E-state index contributed by atoms with van der Waals surface area (Å²) in [5.74, 6) is -6.56. The molecule has 0 aliphatic carbocycles. The number of benzene rings is 6. The van der Waals surface area contributed by atoms with Crippen molar-refractivity contribution in [2.75, 3.05) is 5.01 Å². The van der Waals surface area contributed by atoms with Gasteiger partial charge in [-0.05, 0) is 90.3 Å². The van der Waals surface area contributed by atoms with E-state index in [1.54, 1.807) is 0 Å². The lowest BCUT2D eigenvalue weighted by atomic mass is 10.1. The Hall–Kier alpha value is -8.28. The van der Waals surface area contributed by atoms with Gasteiger partial charge in [0.15, 0.2) is 11.5 Å². The van der Waals surface area contributed by atoms with Crippen LogP contribution >= 0.6 is 0 Å². The Morgan fingerprint density at radius 3 is 1.73 bits per heavy atom. The standard InChI is InChI=1S/C38H24N8O17S3/c47-34-26-15-20(39-44-32-33(38(53)54)45-46(35(32)48)22-3-5-23(6-4-22)64(55,56)57)2-1-17(26)14-30(66(61,62)63)31(34)43-42-29-10-9-28(25-8-7-24(16-27(25)29)65(58,59)60)41-40-21-12-18(36(49)50)11-19(13-21)37(51)52/h1-16,32,47H,(H,49,50)(H,51,52)(H,53,54)(H,55,56,57)(H,58,59,60)(H,61,62,63). The molecule has 0 saturated carbocycles. The van der Waals surface area contributed by atoms with Gasteiger partial charge in [0.05, 0.1) is 49.4 Å². The lowest BCUT2D eigenvalue weighted by Gasteiger charge is -2.12. The van der Waals surface area contributed by atoms with Gasteiger partial charge in [0.1, 0.15) is 10.6 Å². The number of aliphatic carboxylic acids is 1. The molecule has 1 amide bonds. The van der Waals surface area contributed by atoms with E-state index in [0.717, 1.165) is 66.7 Å². The first kappa shape index (κ1) is 45.7. The number of aromatic carboxylic acids is 2. The highest BCUT2D eigenvalue weighted by atomic mass is 32.2. The molecule has 6 aromatic rings. The molecule has 0 spiro atoms. The van der Waals surface area contributed by atoms with Gasteiger partial charge in [0.2, 0.25) is 6.04 Å². The normalized spacial score (nSPS) is 14.8. The second kappa shape index (κ2) is 17.0. The van der Waals surface area contributed by atoms with Crippen molar-refractivity contribution in [2.45, 2.75) is 20.7 Å². The summed E-state index contributed by atoms with van der Waals surface area (Å²) < 4.78 is 102. The molecule has 336 valence electrons. The third kappa shape index (κ3) is 9.33. The van der Waals surface area contributed by atoms with Crippen molar-refractivity contribution in [3.05, 3.63) is 108 Å². The maximum Gasteiger partial charge on any atom is 0.355 e. The lowest BCUT2D eigenvalue weighted by Crippen LogP contribution is -2.33. The smallest absolute Gasteiger partial charge is 0.355 e. The number of carbonyl (C=O) groups excluding carboxylic acids is 1. The fourth-order valence-electron chi connectivity index (χ4n) is 6.22. The van der Waals surface area contributed by atoms with E-state index in [-0.39, 0.29) is 50.0 Å². The van der Waals surface area contributed by atoms with Crippen LogP contribution in [-0.4, -0.2) is 94.9 Å². The zero-order valence-electron chi connectivity index (χ0n) is 32.3. The average molecular weight is 961 g/mol. The van der Waals surface area contributed by atoms with E-state index in [1.807, 2.05) is 0 Å². The first-order valence-electron chi connectivity index (χ1n) is 17.8. The largest absolute Gasteiger partial charge is 0.505 e. The van der Waals surface area contributed by atoms with Crippen molar-refractivity contribution in [3.8, 4) is 5.75 Å². The molecule has 25 nitrogen and oxygen atoms in total. The van der Waals surface area contributed by atoms with Crippen molar-refractivity contribution in [2.24, 2.45) is 35.8 Å².